The van der Waals surface area contributed by atoms with Gasteiger partial charge in [-0.2, -0.15) is 0 Å². The van der Waals surface area contributed by atoms with E-state index in [4.69, 9.17) is 4.42 Å². The topological polar surface area (TPSA) is 25.2 Å². The van der Waals surface area contributed by atoms with Gasteiger partial charge in [-0.3, -0.25) is 0 Å². The molecule has 0 fully saturated rings. The SMILES string of the molecule is CCCNC(c1cc(Br)c(C)s1)c1c(C)oc(C)c1C. The van der Waals surface area contributed by atoms with Crippen LogP contribution in [0.1, 0.15) is 51.8 Å². The van der Waals surface area contributed by atoms with E-state index in [1.807, 2.05) is 18.3 Å². The van der Waals surface area contributed by atoms with Crippen molar-refractivity contribution in [3.63, 3.8) is 0 Å². The van der Waals surface area contributed by atoms with Gasteiger partial charge in [-0.1, -0.05) is 6.92 Å². The molecule has 1 unspecified atom stereocenters. The van der Waals surface area contributed by atoms with Crippen LogP contribution in [0.2, 0.25) is 0 Å². The molecular weight excluding hydrogens is 334 g/mol. The van der Waals surface area contributed by atoms with Gasteiger partial charge in [0.05, 0.1) is 6.04 Å². The summed E-state index contributed by atoms with van der Waals surface area (Å²) in [7, 11) is 0. The van der Waals surface area contributed by atoms with Crippen LogP contribution < -0.4 is 5.32 Å². The molecule has 1 atom stereocenters. The number of halogens is 1. The van der Waals surface area contributed by atoms with Gasteiger partial charge in [-0.25, -0.2) is 0 Å². The third-order valence-corrected chi connectivity index (χ3v) is 5.87. The second-order valence-corrected chi connectivity index (χ2v) is 7.34. The average molecular weight is 356 g/mol. The van der Waals surface area contributed by atoms with E-state index in [9.17, 15) is 0 Å². The molecule has 110 valence electrons. The largest absolute Gasteiger partial charge is 0.466 e. The average Bonchev–Trinajstić information content (AvgIpc) is 2.84. The predicted octanol–water partition coefficient (Wildman–Crippen LogP) is 5.43. The summed E-state index contributed by atoms with van der Waals surface area (Å²) in [5.74, 6) is 2.05. The molecule has 2 aromatic heterocycles. The molecule has 20 heavy (non-hydrogen) atoms. The highest BCUT2D eigenvalue weighted by Gasteiger charge is 2.24. The van der Waals surface area contributed by atoms with E-state index >= 15 is 0 Å². The van der Waals surface area contributed by atoms with Gasteiger partial charge in [0.15, 0.2) is 0 Å². The molecule has 0 aliphatic carbocycles. The van der Waals surface area contributed by atoms with E-state index in [0.717, 1.165) is 24.5 Å². The fraction of sp³-hybridized carbons (Fsp3) is 0.500. The van der Waals surface area contributed by atoms with E-state index < -0.39 is 0 Å². The monoisotopic (exact) mass is 355 g/mol. The molecule has 0 aromatic carbocycles. The van der Waals surface area contributed by atoms with Gasteiger partial charge in [0.2, 0.25) is 0 Å². The van der Waals surface area contributed by atoms with Crippen molar-refractivity contribution in [3.05, 3.63) is 42.9 Å². The molecule has 2 heterocycles. The molecule has 1 N–H and O–H groups in total. The highest BCUT2D eigenvalue weighted by Crippen LogP contribution is 2.37. The van der Waals surface area contributed by atoms with Crippen molar-refractivity contribution in [2.45, 2.75) is 47.1 Å². The molecule has 0 radical (unpaired) electrons. The van der Waals surface area contributed by atoms with Crippen LogP contribution in [0.4, 0.5) is 0 Å². The maximum absolute atomic E-state index is 5.82. The molecule has 2 aromatic rings. The smallest absolute Gasteiger partial charge is 0.106 e. The Morgan fingerprint density at radius 3 is 2.40 bits per heavy atom. The number of hydrogen-bond acceptors (Lipinski definition) is 3. The summed E-state index contributed by atoms with van der Waals surface area (Å²) in [6.07, 6.45) is 1.12. The molecule has 0 spiro atoms. The fourth-order valence-electron chi connectivity index (χ4n) is 2.49. The molecule has 4 heteroatoms. The Kier molecular flexibility index (Phi) is 5.10. The first-order valence-electron chi connectivity index (χ1n) is 7.01. The van der Waals surface area contributed by atoms with Crippen LogP contribution >= 0.6 is 27.3 Å². The Bertz CT molecular complexity index is 580. The summed E-state index contributed by atoms with van der Waals surface area (Å²) in [4.78, 5) is 2.66. The van der Waals surface area contributed by atoms with Crippen molar-refractivity contribution >= 4 is 27.3 Å². The normalized spacial score (nSPS) is 12.9. The molecule has 0 aliphatic rings. The van der Waals surface area contributed by atoms with Crippen LogP contribution in [-0.4, -0.2) is 6.54 Å². The number of thiophene rings is 1. The van der Waals surface area contributed by atoms with Crippen LogP contribution in [0, 0.1) is 27.7 Å². The molecule has 0 aliphatic heterocycles. The van der Waals surface area contributed by atoms with Gasteiger partial charge < -0.3 is 9.73 Å². The molecule has 0 saturated carbocycles. The Hall–Kier alpha value is -0.580. The van der Waals surface area contributed by atoms with E-state index in [-0.39, 0.29) is 6.04 Å². The standard InChI is InChI=1S/C16H22BrNOS/c1-6-7-18-16(14-8-13(17)12(5)20-14)15-9(2)10(3)19-11(15)4/h8,16,18H,6-7H2,1-5H3. The van der Waals surface area contributed by atoms with E-state index in [1.165, 1.54) is 25.4 Å². The minimum atomic E-state index is 0.224. The molecule has 2 nitrogen and oxygen atoms in total. The first kappa shape index (κ1) is 15.8. The van der Waals surface area contributed by atoms with Crippen LogP contribution in [-0.2, 0) is 0 Å². The lowest BCUT2D eigenvalue weighted by atomic mass is 10.0. The van der Waals surface area contributed by atoms with Gasteiger partial charge in [-0.15, -0.1) is 11.3 Å². The Labute approximate surface area is 133 Å². The zero-order valence-corrected chi connectivity index (χ0v) is 15.2. The van der Waals surface area contributed by atoms with Crippen molar-refractivity contribution in [1.29, 1.82) is 0 Å². The predicted molar refractivity (Wildman–Crippen MR) is 89.8 cm³/mol. The Balaban J connectivity index is 2.46. The zero-order valence-electron chi connectivity index (χ0n) is 12.8. The number of rotatable bonds is 5. The summed E-state index contributed by atoms with van der Waals surface area (Å²) in [6, 6.07) is 2.46. The fourth-order valence-corrected chi connectivity index (χ4v) is 4.14. The third-order valence-electron chi connectivity index (χ3n) is 3.67. The minimum absolute atomic E-state index is 0.224. The van der Waals surface area contributed by atoms with Crippen molar-refractivity contribution in [2.24, 2.45) is 0 Å². The highest BCUT2D eigenvalue weighted by molar-refractivity contribution is 9.10. The molecule has 0 bridgehead atoms. The van der Waals surface area contributed by atoms with Crippen LogP contribution in [0.5, 0.6) is 0 Å². The highest BCUT2D eigenvalue weighted by atomic mass is 79.9. The molecular formula is C16H22BrNOS. The zero-order chi connectivity index (χ0) is 14.9. The number of aryl methyl sites for hydroxylation is 3. The lowest BCUT2D eigenvalue weighted by Gasteiger charge is -2.18. The van der Waals surface area contributed by atoms with Crippen LogP contribution in [0.3, 0.4) is 0 Å². The van der Waals surface area contributed by atoms with Crippen LogP contribution in [0.25, 0.3) is 0 Å². The summed E-state index contributed by atoms with van der Waals surface area (Å²) >= 11 is 5.47. The van der Waals surface area contributed by atoms with Gasteiger partial charge >= 0.3 is 0 Å². The lowest BCUT2D eigenvalue weighted by Crippen LogP contribution is -2.23. The second kappa shape index (κ2) is 6.46. The summed E-state index contributed by atoms with van der Waals surface area (Å²) < 4.78 is 7.01. The lowest BCUT2D eigenvalue weighted by molar-refractivity contribution is 0.493. The summed E-state index contributed by atoms with van der Waals surface area (Å²) in [5, 5.41) is 3.67. The van der Waals surface area contributed by atoms with Gasteiger partial charge in [-0.05, 0) is 68.2 Å². The van der Waals surface area contributed by atoms with Crippen molar-refractivity contribution in [1.82, 2.24) is 5.32 Å². The van der Waals surface area contributed by atoms with Gasteiger partial charge in [0.25, 0.3) is 0 Å². The van der Waals surface area contributed by atoms with E-state index in [2.05, 4.69) is 55.0 Å². The number of furan rings is 1. The first-order valence-corrected chi connectivity index (χ1v) is 8.62. The minimum Gasteiger partial charge on any atom is -0.466 e. The molecule has 0 saturated heterocycles. The van der Waals surface area contributed by atoms with E-state index in [0.29, 0.717) is 0 Å². The van der Waals surface area contributed by atoms with Crippen molar-refractivity contribution < 1.29 is 4.42 Å². The maximum atomic E-state index is 5.82. The summed E-state index contributed by atoms with van der Waals surface area (Å²) in [5.41, 5.74) is 2.56. The second-order valence-electron chi connectivity index (χ2n) is 5.19. The summed E-state index contributed by atoms with van der Waals surface area (Å²) in [6.45, 7) is 11.6. The number of nitrogens with one attached hydrogen (secondary N) is 1. The first-order chi connectivity index (χ1) is 9.45. The van der Waals surface area contributed by atoms with Gasteiger partial charge in [0, 0.05) is 19.8 Å². The van der Waals surface area contributed by atoms with Gasteiger partial charge in [0.1, 0.15) is 11.5 Å². The molecule has 2 rings (SSSR count). The molecule has 0 amide bonds. The Morgan fingerprint density at radius 2 is 1.95 bits per heavy atom. The maximum Gasteiger partial charge on any atom is 0.106 e. The number of hydrogen-bond donors (Lipinski definition) is 1. The third kappa shape index (κ3) is 3.02. The Morgan fingerprint density at radius 1 is 1.25 bits per heavy atom. The van der Waals surface area contributed by atoms with E-state index in [1.54, 1.807) is 0 Å². The van der Waals surface area contributed by atoms with Crippen LogP contribution in [0.15, 0.2) is 15.0 Å². The quantitative estimate of drug-likeness (QED) is 0.773. The van der Waals surface area contributed by atoms with Crippen molar-refractivity contribution in [2.75, 3.05) is 6.54 Å². The van der Waals surface area contributed by atoms with Crippen molar-refractivity contribution in [3.8, 4) is 0 Å².